The number of hydrogen-bond donors (Lipinski definition) is 3. The number of ether oxygens (including phenoxy) is 3. The first-order valence-electron chi connectivity index (χ1n) is 13.5. The monoisotopic (exact) mass is 603 g/mol. The fourth-order valence-corrected chi connectivity index (χ4v) is 4.79. The predicted octanol–water partition coefficient (Wildman–Crippen LogP) is 4.54. The highest BCUT2D eigenvalue weighted by Crippen LogP contribution is 2.31. The SMILES string of the molecule is COc1ccc(C(=O)N(C(=O)c2ccc(OC)cc2OCCCNC(=O)NCCc2cccs2)c2cnccc2N)cc1. The van der Waals surface area contributed by atoms with Crippen LogP contribution in [0.25, 0.3) is 0 Å². The zero-order valence-electron chi connectivity index (χ0n) is 23.9. The average Bonchev–Trinajstić information content (AvgIpc) is 3.55. The second kappa shape index (κ2) is 15.2. The van der Waals surface area contributed by atoms with Gasteiger partial charge in [-0.25, -0.2) is 9.69 Å². The molecule has 4 N–H and O–H groups in total. The molecule has 4 rings (SSSR count). The van der Waals surface area contributed by atoms with Crippen molar-refractivity contribution < 1.29 is 28.6 Å². The molecule has 12 heteroatoms. The fraction of sp³-hybridized carbons (Fsp3) is 0.226. The van der Waals surface area contributed by atoms with Crippen molar-refractivity contribution in [3.63, 3.8) is 0 Å². The highest BCUT2D eigenvalue weighted by molar-refractivity contribution is 7.09. The lowest BCUT2D eigenvalue weighted by Crippen LogP contribution is -2.38. The number of rotatable bonds is 13. The van der Waals surface area contributed by atoms with Gasteiger partial charge in [-0.15, -0.1) is 11.3 Å². The maximum atomic E-state index is 14.0. The molecule has 0 bridgehead atoms. The van der Waals surface area contributed by atoms with Gasteiger partial charge in [-0.05, 0) is 66.8 Å². The summed E-state index contributed by atoms with van der Waals surface area (Å²) in [6, 6.07) is 16.3. The van der Waals surface area contributed by atoms with Crippen LogP contribution in [0.1, 0.15) is 32.0 Å². The van der Waals surface area contributed by atoms with Gasteiger partial charge in [-0.3, -0.25) is 14.6 Å². The number of aromatic nitrogens is 1. The third-order valence-electron chi connectivity index (χ3n) is 6.34. The van der Waals surface area contributed by atoms with E-state index in [0.29, 0.717) is 31.0 Å². The summed E-state index contributed by atoms with van der Waals surface area (Å²) in [6.45, 7) is 1.07. The number of carbonyl (C=O) groups excluding carboxylic acids is 3. The smallest absolute Gasteiger partial charge is 0.314 e. The standard InChI is InChI=1S/C31H33N5O6S/c1-40-22-8-6-21(7-9-22)29(37)36(27-20-33-15-13-26(27)32)30(38)25-11-10-23(41-2)19-28(25)42-17-4-14-34-31(39)35-16-12-24-5-3-18-43-24/h3,5-11,13,15,18-20H,4,12,14,16-17H2,1-2H3,(H2,32,33)(H2,34,35,39). The highest BCUT2D eigenvalue weighted by Gasteiger charge is 2.30. The molecule has 0 fully saturated rings. The number of methoxy groups -OCH3 is 2. The van der Waals surface area contributed by atoms with Crippen LogP contribution in [0, 0.1) is 0 Å². The van der Waals surface area contributed by atoms with Crippen molar-refractivity contribution in [2.75, 3.05) is 44.5 Å². The first-order chi connectivity index (χ1) is 20.9. The van der Waals surface area contributed by atoms with Crippen molar-refractivity contribution >= 4 is 40.6 Å². The second-order valence-corrected chi connectivity index (χ2v) is 10.2. The minimum absolute atomic E-state index is 0.116. The number of nitrogens with one attached hydrogen (secondary N) is 2. The molecule has 2 aromatic carbocycles. The van der Waals surface area contributed by atoms with Crippen molar-refractivity contribution in [3.8, 4) is 17.2 Å². The molecule has 0 spiro atoms. The number of imide groups is 1. The van der Waals surface area contributed by atoms with E-state index in [0.717, 1.165) is 11.3 Å². The summed E-state index contributed by atoms with van der Waals surface area (Å²) in [5.41, 5.74) is 6.86. The Labute approximate surface area is 253 Å². The third-order valence-corrected chi connectivity index (χ3v) is 7.27. The van der Waals surface area contributed by atoms with E-state index in [4.69, 9.17) is 19.9 Å². The van der Waals surface area contributed by atoms with E-state index in [9.17, 15) is 14.4 Å². The zero-order chi connectivity index (χ0) is 30.6. The van der Waals surface area contributed by atoms with Crippen molar-refractivity contribution in [1.82, 2.24) is 15.6 Å². The van der Waals surface area contributed by atoms with E-state index in [2.05, 4.69) is 15.6 Å². The van der Waals surface area contributed by atoms with Crippen LogP contribution in [-0.4, -0.2) is 56.7 Å². The third kappa shape index (κ3) is 8.23. The minimum Gasteiger partial charge on any atom is -0.497 e. The molecule has 224 valence electrons. The first-order valence-corrected chi connectivity index (χ1v) is 14.4. The predicted molar refractivity (Wildman–Crippen MR) is 165 cm³/mol. The summed E-state index contributed by atoms with van der Waals surface area (Å²) >= 11 is 1.65. The molecule has 11 nitrogen and oxygen atoms in total. The maximum Gasteiger partial charge on any atom is 0.314 e. The Morgan fingerprint density at radius 3 is 2.37 bits per heavy atom. The van der Waals surface area contributed by atoms with Gasteiger partial charge < -0.3 is 30.6 Å². The van der Waals surface area contributed by atoms with Gasteiger partial charge in [0.1, 0.15) is 17.2 Å². The van der Waals surface area contributed by atoms with Crippen LogP contribution in [0.2, 0.25) is 0 Å². The van der Waals surface area contributed by atoms with Crippen LogP contribution in [0.5, 0.6) is 17.2 Å². The summed E-state index contributed by atoms with van der Waals surface area (Å²) in [4.78, 5) is 46.1. The summed E-state index contributed by atoms with van der Waals surface area (Å²) in [7, 11) is 3.02. The maximum absolute atomic E-state index is 14.0. The van der Waals surface area contributed by atoms with Crippen molar-refractivity contribution in [1.29, 1.82) is 0 Å². The number of carbonyl (C=O) groups is 3. The van der Waals surface area contributed by atoms with Gasteiger partial charge >= 0.3 is 6.03 Å². The molecule has 0 saturated heterocycles. The van der Waals surface area contributed by atoms with E-state index in [1.807, 2.05) is 17.5 Å². The number of nitrogens with zero attached hydrogens (tertiary/aromatic N) is 2. The van der Waals surface area contributed by atoms with Gasteiger partial charge in [0, 0.05) is 35.8 Å². The molecule has 43 heavy (non-hydrogen) atoms. The lowest BCUT2D eigenvalue weighted by molar-refractivity contribution is 0.0895. The van der Waals surface area contributed by atoms with Crippen molar-refractivity contribution in [2.24, 2.45) is 0 Å². The fourth-order valence-electron chi connectivity index (χ4n) is 4.08. The van der Waals surface area contributed by atoms with E-state index < -0.39 is 11.8 Å². The highest BCUT2D eigenvalue weighted by atomic mass is 32.1. The lowest BCUT2D eigenvalue weighted by Gasteiger charge is -2.23. The number of anilines is 2. The number of benzene rings is 2. The molecule has 4 amide bonds. The second-order valence-electron chi connectivity index (χ2n) is 9.18. The molecule has 0 aliphatic heterocycles. The molecule has 0 aliphatic carbocycles. The van der Waals surface area contributed by atoms with Gasteiger partial charge in [-0.1, -0.05) is 6.07 Å². The first kappa shape index (κ1) is 30.8. The summed E-state index contributed by atoms with van der Waals surface area (Å²) in [5.74, 6) is -0.0419. The van der Waals surface area contributed by atoms with Crippen LogP contribution >= 0.6 is 11.3 Å². The van der Waals surface area contributed by atoms with E-state index >= 15 is 0 Å². The Morgan fingerprint density at radius 1 is 0.930 bits per heavy atom. The van der Waals surface area contributed by atoms with Crippen LogP contribution in [0.15, 0.2) is 78.4 Å². The van der Waals surface area contributed by atoms with Crippen LogP contribution in [-0.2, 0) is 6.42 Å². The van der Waals surface area contributed by atoms with Gasteiger partial charge in [0.15, 0.2) is 0 Å². The molecular weight excluding hydrogens is 570 g/mol. The Hall–Kier alpha value is -5.10. The number of nitrogens with two attached hydrogens (primary N) is 1. The largest absolute Gasteiger partial charge is 0.497 e. The van der Waals surface area contributed by atoms with Crippen molar-refractivity contribution in [2.45, 2.75) is 12.8 Å². The molecule has 4 aromatic rings. The Kier molecular flexibility index (Phi) is 10.9. The Bertz CT molecular complexity index is 1530. The molecule has 2 aromatic heterocycles. The Balaban J connectivity index is 1.46. The molecule has 0 unspecified atom stereocenters. The quantitative estimate of drug-likeness (QED) is 0.149. The summed E-state index contributed by atoms with van der Waals surface area (Å²) in [5, 5.41) is 7.62. The van der Waals surface area contributed by atoms with Gasteiger partial charge in [0.2, 0.25) is 0 Å². The molecule has 0 radical (unpaired) electrons. The lowest BCUT2D eigenvalue weighted by atomic mass is 10.1. The van der Waals surface area contributed by atoms with Gasteiger partial charge in [0.25, 0.3) is 11.8 Å². The van der Waals surface area contributed by atoms with E-state index in [-0.39, 0.29) is 40.9 Å². The molecular formula is C31H33N5O6S. The molecule has 0 atom stereocenters. The molecule has 0 saturated carbocycles. The topological polar surface area (TPSA) is 145 Å². The Morgan fingerprint density at radius 2 is 1.67 bits per heavy atom. The number of hydrogen-bond acceptors (Lipinski definition) is 9. The van der Waals surface area contributed by atoms with Crippen molar-refractivity contribution in [3.05, 3.63) is 94.4 Å². The van der Waals surface area contributed by atoms with E-state index in [1.54, 1.807) is 47.7 Å². The minimum atomic E-state index is -0.665. The number of thiophene rings is 1. The molecule has 0 aliphatic rings. The van der Waals surface area contributed by atoms with Gasteiger partial charge in [-0.2, -0.15) is 0 Å². The summed E-state index contributed by atoms with van der Waals surface area (Å²) < 4.78 is 16.5. The zero-order valence-corrected chi connectivity index (χ0v) is 24.7. The summed E-state index contributed by atoms with van der Waals surface area (Å²) in [6.07, 6.45) is 4.06. The average molecular weight is 604 g/mol. The van der Waals surface area contributed by atoms with E-state index in [1.165, 1.54) is 43.6 Å². The van der Waals surface area contributed by atoms with Crippen LogP contribution in [0.4, 0.5) is 16.2 Å². The van der Waals surface area contributed by atoms with Crippen LogP contribution < -0.4 is 35.5 Å². The number of amides is 4. The van der Waals surface area contributed by atoms with Gasteiger partial charge in [0.05, 0.1) is 44.0 Å². The number of nitrogen functional groups attached to an aromatic ring is 1. The molecule has 2 heterocycles. The normalized spacial score (nSPS) is 10.5. The van der Waals surface area contributed by atoms with Crippen LogP contribution in [0.3, 0.4) is 0 Å². The number of pyridine rings is 1. The number of urea groups is 1.